The third-order valence-electron chi connectivity index (χ3n) is 7.02. The first-order valence-corrected chi connectivity index (χ1v) is 14.7. The second-order valence-corrected chi connectivity index (χ2v) is 12.7. The first-order valence-electron chi connectivity index (χ1n) is 13.5. The van der Waals surface area contributed by atoms with Crippen LogP contribution in [0.4, 0.5) is 0 Å². The van der Waals surface area contributed by atoms with Crippen LogP contribution in [-0.4, -0.2) is 36.4 Å². The highest BCUT2D eigenvalue weighted by atomic mass is 35.5. The summed E-state index contributed by atoms with van der Waals surface area (Å²) in [6.45, 7) is 7.49. The summed E-state index contributed by atoms with van der Waals surface area (Å²) < 4.78 is 8.88. The number of rotatable bonds is 6. The van der Waals surface area contributed by atoms with Crippen LogP contribution in [0.1, 0.15) is 38.0 Å². The number of carboxylic acid groups (broad SMARTS) is 1. The van der Waals surface area contributed by atoms with Crippen LogP contribution in [0.3, 0.4) is 0 Å². The van der Waals surface area contributed by atoms with E-state index in [1.165, 1.54) is 11.3 Å². The standard InChI is InChI=1S/C33H29ClN4O3S/c1-18-16-24-30(27(19-9-12-21(34)13-10-19)26(18)29(32(39)40)41-33(2,3)4)42-31(36-24)20-11-14-25-22(17-20)28(37-38(25)5)23-8-6-7-15-35-23/h6-17,29H,1-5H3,(H,39,40)/t29-/m0/s1. The van der Waals surface area contributed by atoms with Crippen molar-refractivity contribution < 1.29 is 14.6 Å². The highest BCUT2D eigenvalue weighted by molar-refractivity contribution is 7.22. The SMILES string of the molecule is Cc1cc2nc(-c3ccc4c(c3)c(-c3ccccn3)nn4C)sc2c(-c2ccc(Cl)cc2)c1[C@H](OC(C)(C)C)C(=O)O. The van der Waals surface area contributed by atoms with Gasteiger partial charge in [0.15, 0.2) is 6.10 Å². The highest BCUT2D eigenvalue weighted by Crippen LogP contribution is 2.45. The van der Waals surface area contributed by atoms with E-state index in [0.29, 0.717) is 10.6 Å². The molecule has 6 aromatic rings. The molecule has 0 aliphatic heterocycles. The zero-order valence-corrected chi connectivity index (χ0v) is 25.4. The van der Waals surface area contributed by atoms with Crippen molar-refractivity contribution in [2.75, 3.05) is 0 Å². The van der Waals surface area contributed by atoms with E-state index in [0.717, 1.165) is 59.8 Å². The van der Waals surface area contributed by atoms with Crippen LogP contribution in [-0.2, 0) is 16.6 Å². The van der Waals surface area contributed by atoms with E-state index in [1.807, 2.05) is 100 Å². The number of benzene rings is 3. The van der Waals surface area contributed by atoms with Gasteiger partial charge in [-0.3, -0.25) is 9.67 Å². The molecule has 212 valence electrons. The second kappa shape index (κ2) is 10.6. The van der Waals surface area contributed by atoms with E-state index >= 15 is 0 Å². The zero-order chi connectivity index (χ0) is 29.8. The summed E-state index contributed by atoms with van der Waals surface area (Å²) in [4.78, 5) is 22.2. The lowest BCUT2D eigenvalue weighted by molar-refractivity contribution is -0.160. The van der Waals surface area contributed by atoms with Gasteiger partial charge < -0.3 is 9.84 Å². The van der Waals surface area contributed by atoms with Crippen molar-refractivity contribution in [3.63, 3.8) is 0 Å². The molecule has 0 radical (unpaired) electrons. The van der Waals surface area contributed by atoms with Crippen LogP contribution in [0.2, 0.25) is 5.02 Å². The lowest BCUT2D eigenvalue weighted by Gasteiger charge is -2.28. The molecule has 7 nitrogen and oxygen atoms in total. The van der Waals surface area contributed by atoms with Crippen molar-refractivity contribution >= 4 is 50.0 Å². The van der Waals surface area contributed by atoms with Gasteiger partial charge in [-0.1, -0.05) is 29.8 Å². The number of aryl methyl sites for hydroxylation is 2. The Labute approximate surface area is 252 Å². The monoisotopic (exact) mass is 596 g/mol. The number of hydrogen-bond donors (Lipinski definition) is 1. The Hall–Kier alpha value is -4.11. The zero-order valence-electron chi connectivity index (χ0n) is 23.8. The number of fused-ring (bicyclic) bond motifs is 2. The summed E-state index contributed by atoms with van der Waals surface area (Å²) >= 11 is 7.77. The number of carboxylic acids is 1. The third kappa shape index (κ3) is 5.17. The Morgan fingerprint density at radius 2 is 1.79 bits per heavy atom. The van der Waals surface area contributed by atoms with Gasteiger partial charge in [0.05, 0.1) is 27.0 Å². The van der Waals surface area contributed by atoms with Crippen molar-refractivity contribution in [2.24, 2.45) is 7.05 Å². The molecule has 3 aromatic heterocycles. The number of halogens is 1. The van der Waals surface area contributed by atoms with E-state index in [4.69, 9.17) is 26.4 Å². The summed E-state index contributed by atoms with van der Waals surface area (Å²) in [6.07, 6.45) is 0.595. The minimum Gasteiger partial charge on any atom is -0.479 e. The molecule has 6 rings (SSSR count). The van der Waals surface area contributed by atoms with Crippen LogP contribution in [0, 0.1) is 6.92 Å². The van der Waals surface area contributed by atoms with Crippen molar-refractivity contribution in [3.8, 4) is 33.1 Å². The van der Waals surface area contributed by atoms with Crippen LogP contribution in [0.25, 0.3) is 54.2 Å². The molecule has 3 heterocycles. The largest absolute Gasteiger partial charge is 0.479 e. The van der Waals surface area contributed by atoms with Crippen molar-refractivity contribution in [2.45, 2.75) is 39.4 Å². The number of thiazole rings is 1. The van der Waals surface area contributed by atoms with Crippen LogP contribution in [0.15, 0.2) is 72.9 Å². The summed E-state index contributed by atoms with van der Waals surface area (Å²) in [6, 6.07) is 21.4. The van der Waals surface area contributed by atoms with Gasteiger partial charge in [0.1, 0.15) is 10.7 Å². The summed E-state index contributed by atoms with van der Waals surface area (Å²) in [7, 11) is 1.92. The average molecular weight is 597 g/mol. The number of hydrogen-bond acceptors (Lipinski definition) is 6. The Kier molecular flexibility index (Phi) is 7.09. The maximum Gasteiger partial charge on any atom is 0.337 e. The van der Waals surface area contributed by atoms with E-state index in [2.05, 4.69) is 11.1 Å². The smallest absolute Gasteiger partial charge is 0.337 e. The summed E-state index contributed by atoms with van der Waals surface area (Å²) in [5, 5.41) is 17.5. The van der Waals surface area contributed by atoms with Crippen molar-refractivity contribution in [3.05, 3.63) is 89.1 Å². The number of ether oxygens (including phenoxy) is 1. The van der Waals surface area contributed by atoms with E-state index in [1.54, 1.807) is 6.20 Å². The molecule has 0 amide bonds. The molecule has 0 fully saturated rings. The summed E-state index contributed by atoms with van der Waals surface area (Å²) in [5.41, 5.74) is 6.69. The minimum absolute atomic E-state index is 0.600. The van der Waals surface area contributed by atoms with Gasteiger partial charge in [-0.15, -0.1) is 11.3 Å². The molecule has 1 N–H and O–H groups in total. The predicted octanol–water partition coefficient (Wildman–Crippen LogP) is 8.48. The van der Waals surface area contributed by atoms with Gasteiger partial charge in [-0.2, -0.15) is 5.10 Å². The molecule has 1 atom stereocenters. The number of nitrogens with zero attached hydrogens (tertiary/aromatic N) is 4. The molecule has 42 heavy (non-hydrogen) atoms. The van der Waals surface area contributed by atoms with Gasteiger partial charge in [-0.05, 0) is 87.4 Å². The molecular formula is C33H29ClN4O3S. The molecule has 0 aliphatic carbocycles. The fourth-order valence-corrected chi connectivity index (χ4v) is 6.50. The van der Waals surface area contributed by atoms with Crippen LogP contribution < -0.4 is 0 Å². The number of carbonyl (C=O) groups is 1. The Balaban J connectivity index is 1.59. The number of pyridine rings is 1. The van der Waals surface area contributed by atoms with Crippen molar-refractivity contribution in [1.82, 2.24) is 19.7 Å². The highest BCUT2D eigenvalue weighted by Gasteiger charge is 2.32. The maximum atomic E-state index is 12.6. The molecule has 0 saturated heterocycles. The van der Waals surface area contributed by atoms with Gasteiger partial charge >= 0.3 is 5.97 Å². The van der Waals surface area contributed by atoms with E-state index in [9.17, 15) is 9.90 Å². The molecule has 0 spiro atoms. The van der Waals surface area contributed by atoms with Crippen LogP contribution >= 0.6 is 22.9 Å². The number of aromatic nitrogens is 4. The lowest BCUT2D eigenvalue weighted by atomic mass is 9.91. The van der Waals surface area contributed by atoms with Crippen LogP contribution in [0.5, 0.6) is 0 Å². The number of aliphatic carboxylic acids is 1. The normalized spacial score (nSPS) is 12.7. The molecule has 0 saturated carbocycles. The predicted molar refractivity (Wildman–Crippen MR) is 169 cm³/mol. The van der Waals surface area contributed by atoms with E-state index < -0.39 is 17.7 Å². The van der Waals surface area contributed by atoms with E-state index in [-0.39, 0.29) is 0 Å². The molecular weight excluding hydrogens is 568 g/mol. The fourth-order valence-electron chi connectivity index (χ4n) is 5.25. The Morgan fingerprint density at radius 3 is 2.45 bits per heavy atom. The van der Waals surface area contributed by atoms with Crippen molar-refractivity contribution in [1.29, 1.82) is 0 Å². The molecule has 0 unspecified atom stereocenters. The molecule has 9 heteroatoms. The van der Waals surface area contributed by atoms with Gasteiger partial charge in [0, 0.05) is 40.3 Å². The molecule has 3 aromatic carbocycles. The van der Waals surface area contributed by atoms with Gasteiger partial charge in [0.25, 0.3) is 0 Å². The van der Waals surface area contributed by atoms with Gasteiger partial charge in [0.2, 0.25) is 0 Å². The fraction of sp³-hybridized carbons (Fsp3) is 0.212. The topological polar surface area (TPSA) is 90.1 Å². The maximum absolute atomic E-state index is 12.6. The lowest BCUT2D eigenvalue weighted by Crippen LogP contribution is -2.28. The van der Waals surface area contributed by atoms with Gasteiger partial charge in [-0.25, -0.2) is 9.78 Å². The Bertz CT molecular complexity index is 1960. The summed E-state index contributed by atoms with van der Waals surface area (Å²) in [5.74, 6) is -1.04. The first kappa shape index (κ1) is 28.0. The minimum atomic E-state index is -1.17. The second-order valence-electron chi connectivity index (χ2n) is 11.2. The Morgan fingerprint density at radius 1 is 1.05 bits per heavy atom. The first-order chi connectivity index (χ1) is 20.0. The average Bonchev–Trinajstić information content (AvgIpc) is 3.52. The quantitative estimate of drug-likeness (QED) is 0.207. The third-order valence-corrected chi connectivity index (χ3v) is 8.41. The molecule has 0 aliphatic rings. The molecule has 0 bridgehead atoms.